The molecule has 0 unspecified atom stereocenters. The smallest absolute Gasteiger partial charge is 0.411 e. The zero-order chi connectivity index (χ0) is 25.7. The summed E-state index contributed by atoms with van der Waals surface area (Å²) >= 11 is 12.3. The highest BCUT2D eigenvalue weighted by molar-refractivity contribution is 6.44. The van der Waals surface area contributed by atoms with Crippen LogP contribution in [0.3, 0.4) is 0 Å². The lowest BCUT2D eigenvalue weighted by Gasteiger charge is -2.38. The highest BCUT2D eigenvalue weighted by atomic mass is 35.5. The van der Waals surface area contributed by atoms with Gasteiger partial charge in [0.2, 0.25) is 0 Å². The zero-order valence-electron chi connectivity index (χ0n) is 19.7. The van der Waals surface area contributed by atoms with Gasteiger partial charge in [0.1, 0.15) is 11.5 Å². The van der Waals surface area contributed by atoms with E-state index in [9.17, 15) is 14.4 Å². The number of ether oxygens (including phenoxy) is 3. The average Bonchev–Trinajstić information content (AvgIpc) is 3.11. The summed E-state index contributed by atoms with van der Waals surface area (Å²) in [5.74, 6) is -0.499. The van der Waals surface area contributed by atoms with Crippen molar-refractivity contribution in [1.82, 2.24) is 15.3 Å². The number of nitrogens with one attached hydrogen (secondary N) is 3. The van der Waals surface area contributed by atoms with Gasteiger partial charge >= 0.3 is 12.1 Å². The van der Waals surface area contributed by atoms with E-state index in [0.29, 0.717) is 36.0 Å². The number of amides is 2. The fraction of sp³-hybridized carbons (Fsp3) is 0.455. The highest BCUT2D eigenvalue weighted by Crippen LogP contribution is 2.30. The Morgan fingerprint density at radius 2 is 2.00 bits per heavy atom. The highest BCUT2D eigenvalue weighted by Gasteiger charge is 2.33. The maximum Gasteiger partial charge on any atom is 0.411 e. The molecule has 0 aliphatic carbocycles. The quantitative estimate of drug-likeness (QED) is 0.466. The van der Waals surface area contributed by atoms with Gasteiger partial charge in [-0.3, -0.25) is 10.1 Å². The molecule has 3 N–H and O–H groups in total. The third-order valence-corrected chi connectivity index (χ3v) is 6.54. The van der Waals surface area contributed by atoms with Gasteiger partial charge in [0.15, 0.2) is 0 Å². The van der Waals surface area contributed by atoms with Crippen LogP contribution in [0.2, 0.25) is 10.0 Å². The first kappa shape index (κ1) is 26.6. The number of hydrogen-bond donors (Lipinski definition) is 3. The number of anilines is 2. The number of rotatable bonds is 7. The van der Waals surface area contributed by atoms with E-state index >= 15 is 0 Å². The van der Waals surface area contributed by atoms with Crippen LogP contribution in [0.15, 0.2) is 12.3 Å². The second-order valence-electron chi connectivity index (χ2n) is 7.77. The number of esters is 1. The minimum absolute atomic E-state index is 0.139. The summed E-state index contributed by atoms with van der Waals surface area (Å²) < 4.78 is 15.4. The third-order valence-electron chi connectivity index (χ3n) is 5.59. The van der Waals surface area contributed by atoms with Crippen molar-refractivity contribution in [1.29, 1.82) is 0 Å². The Kier molecular flexibility index (Phi) is 8.82. The Balaban J connectivity index is 1.77. The standard InChI is InChI=1S/C22H27Cl2N5O6/c1-5-35-21(31)12-8-16(25-9-14(12)28-22(32)34-4)29-7-6-13(15(10-29)33-3)27-20(30)19-18(24)17(23)11(2)26-19/h8-9,13,15,26H,5-7,10H2,1-4H3,(H,27,30)(H,28,32)/t13-,15+/m1/s1. The number of nitrogens with zero attached hydrogens (tertiary/aromatic N) is 2. The topological polar surface area (TPSA) is 135 Å². The fourth-order valence-corrected chi connectivity index (χ4v) is 4.17. The number of aromatic amines is 1. The van der Waals surface area contributed by atoms with Gasteiger partial charge in [-0.2, -0.15) is 0 Å². The van der Waals surface area contributed by atoms with Crippen LogP contribution in [0.1, 0.15) is 39.9 Å². The van der Waals surface area contributed by atoms with E-state index in [1.54, 1.807) is 27.0 Å². The molecule has 1 saturated heterocycles. The summed E-state index contributed by atoms with van der Waals surface area (Å²) in [5.41, 5.74) is 1.11. The number of aromatic nitrogens is 2. The van der Waals surface area contributed by atoms with E-state index in [2.05, 4.69) is 25.3 Å². The summed E-state index contributed by atoms with van der Waals surface area (Å²) in [5, 5.41) is 5.90. The number of hydrogen-bond acceptors (Lipinski definition) is 8. The maximum absolute atomic E-state index is 12.8. The molecule has 190 valence electrons. The number of carbonyl (C=O) groups excluding carboxylic acids is 3. The lowest BCUT2D eigenvalue weighted by molar-refractivity contribution is 0.0523. The molecule has 2 aromatic heterocycles. The summed E-state index contributed by atoms with van der Waals surface area (Å²) in [4.78, 5) is 46.1. The number of halogens is 2. The molecule has 13 heteroatoms. The van der Waals surface area contributed by atoms with Crippen molar-refractivity contribution in [3.63, 3.8) is 0 Å². The SMILES string of the molecule is CCOC(=O)c1cc(N2CC[C@@H](NC(=O)c3[nH]c(C)c(Cl)c3Cl)[C@@H](OC)C2)ncc1NC(=O)OC. The van der Waals surface area contributed by atoms with E-state index in [-0.39, 0.29) is 46.6 Å². The van der Waals surface area contributed by atoms with E-state index in [0.717, 1.165) is 0 Å². The molecule has 35 heavy (non-hydrogen) atoms. The Morgan fingerprint density at radius 3 is 2.60 bits per heavy atom. The fourth-order valence-electron chi connectivity index (χ4n) is 3.75. The van der Waals surface area contributed by atoms with Crippen LogP contribution in [0.25, 0.3) is 0 Å². The molecule has 2 aromatic rings. The normalized spacial score (nSPS) is 17.6. The molecular weight excluding hydrogens is 501 g/mol. The molecule has 0 saturated carbocycles. The number of pyridine rings is 1. The molecular formula is C22H27Cl2N5O6. The van der Waals surface area contributed by atoms with Crippen molar-refractivity contribution in [2.24, 2.45) is 0 Å². The molecule has 0 bridgehead atoms. The number of H-pyrrole nitrogens is 1. The van der Waals surface area contributed by atoms with E-state index in [4.69, 9.17) is 32.7 Å². The van der Waals surface area contributed by atoms with Crippen LogP contribution < -0.4 is 15.5 Å². The first-order chi connectivity index (χ1) is 16.7. The maximum atomic E-state index is 12.8. The summed E-state index contributed by atoms with van der Waals surface area (Å²) in [6.45, 7) is 4.48. The van der Waals surface area contributed by atoms with Crippen molar-refractivity contribution in [3.8, 4) is 0 Å². The lowest BCUT2D eigenvalue weighted by atomic mass is 10.0. The predicted molar refractivity (Wildman–Crippen MR) is 131 cm³/mol. The van der Waals surface area contributed by atoms with Crippen LogP contribution >= 0.6 is 23.2 Å². The third kappa shape index (κ3) is 5.98. The van der Waals surface area contributed by atoms with E-state index in [1.165, 1.54) is 13.3 Å². The molecule has 0 spiro atoms. The molecule has 11 nitrogen and oxygen atoms in total. The largest absolute Gasteiger partial charge is 0.462 e. The number of methoxy groups -OCH3 is 2. The molecule has 0 radical (unpaired) electrons. The van der Waals surface area contributed by atoms with Gasteiger partial charge in [-0.05, 0) is 26.3 Å². The molecule has 2 atom stereocenters. The van der Waals surface area contributed by atoms with Gasteiger partial charge in [0.25, 0.3) is 5.91 Å². The molecule has 1 aliphatic rings. The van der Waals surface area contributed by atoms with Gasteiger partial charge in [-0.25, -0.2) is 14.6 Å². The number of carbonyl (C=O) groups is 3. The van der Waals surface area contributed by atoms with E-state index < -0.39 is 12.1 Å². The molecule has 3 rings (SSSR count). The Hall–Kier alpha value is -3.02. The second-order valence-corrected chi connectivity index (χ2v) is 8.52. The first-order valence-electron chi connectivity index (χ1n) is 10.8. The predicted octanol–water partition coefficient (Wildman–Crippen LogP) is 3.40. The minimum Gasteiger partial charge on any atom is -0.462 e. The monoisotopic (exact) mass is 527 g/mol. The Bertz CT molecular complexity index is 1110. The second kappa shape index (κ2) is 11.6. The molecule has 1 fully saturated rings. The summed E-state index contributed by atoms with van der Waals surface area (Å²) in [6.07, 6.45) is 0.792. The first-order valence-corrected chi connectivity index (χ1v) is 11.6. The van der Waals surface area contributed by atoms with Crippen LogP contribution in [0.4, 0.5) is 16.3 Å². The van der Waals surface area contributed by atoms with Crippen molar-refractivity contribution < 1.29 is 28.6 Å². The molecule has 3 heterocycles. The van der Waals surface area contributed by atoms with Gasteiger partial charge in [-0.1, -0.05) is 23.2 Å². The lowest BCUT2D eigenvalue weighted by Crippen LogP contribution is -2.55. The van der Waals surface area contributed by atoms with Crippen LogP contribution in [0.5, 0.6) is 0 Å². The van der Waals surface area contributed by atoms with Crippen molar-refractivity contribution in [2.45, 2.75) is 32.4 Å². The van der Waals surface area contributed by atoms with Crippen molar-refractivity contribution >= 4 is 52.7 Å². The van der Waals surface area contributed by atoms with Crippen LogP contribution in [-0.4, -0.2) is 74.0 Å². The Morgan fingerprint density at radius 1 is 1.26 bits per heavy atom. The van der Waals surface area contributed by atoms with E-state index in [1.807, 2.05) is 4.90 Å². The Labute approximate surface area is 212 Å². The van der Waals surface area contributed by atoms with Crippen LogP contribution in [0, 0.1) is 6.92 Å². The van der Waals surface area contributed by atoms with Crippen LogP contribution in [-0.2, 0) is 14.2 Å². The van der Waals surface area contributed by atoms with Gasteiger partial charge in [0.05, 0.1) is 53.4 Å². The van der Waals surface area contributed by atoms with Gasteiger partial charge < -0.3 is 29.4 Å². The number of aryl methyl sites for hydroxylation is 1. The zero-order valence-corrected chi connectivity index (χ0v) is 21.2. The van der Waals surface area contributed by atoms with Crippen molar-refractivity contribution in [2.75, 3.05) is 44.1 Å². The van der Waals surface area contributed by atoms with Gasteiger partial charge in [0, 0.05) is 25.9 Å². The van der Waals surface area contributed by atoms with Gasteiger partial charge in [-0.15, -0.1) is 0 Å². The molecule has 2 amide bonds. The molecule has 0 aromatic carbocycles. The minimum atomic E-state index is -0.736. The average molecular weight is 528 g/mol. The summed E-state index contributed by atoms with van der Waals surface area (Å²) in [7, 11) is 2.77. The summed E-state index contributed by atoms with van der Waals surface area (Å²) in [6, 6.07) is 1.24. The molecule has 1 aliphatic heterocycles. The van der Waals surface area contributed by atoms with Crippen molar-refractivity contribution in [3.05, 3.63) is 39.3 Å². The number of piperidine rings is 1.